The van der Waals surface area contributed by atoms with Crippen molar-refractivity contribution in [3.05, 3.63) is 18.6 Å². The normalized spacial score (nSPS) is 18.0. The summed E-state index contributed by atoms with van der Waals surface area (Å²) in [7, 11) is -3.40. The number of sulfonamides is 1. The molecule has 0 spiro atoms. The van der Waals surface area contributed by atoms with Gasteiger partial charge in [0.15, 0.2) is 0 Å². The van der Waals surface area contributed by atoms with E-state index in [1.165, 1.54) is 0 Å². The topological polar surface area (TPSA) is 101 Å². The van der Waals surface area contributed by atoms with Crippen molar-refractivity contribution in [1.29, 1.82) is 0 Å². The predicted octanol–water partition coefficient (Wildman–Crippen LogP) is -0.216. The summed E-state index contributed by atoms with van der Waals surface area (Å²) in [5.41, 5.74) is 0. The van der Waals surface area contributed by atoms with E-state index >= 15 is 0 Å². The van der Waals surface area contributed by atoms with E-state index in [0.717, 1.165) is 6.26 Å². The second kappa shape index (κ2) is 7.01. The molecule has 0 bridgehead atoms. The van der Waals surface area contributed by atoms with E-state index in [0.29, 0.717) is 31.8 Å². The molecule has 22 heavy (non-hydrogen) atoms. The van der Waals surface area contributed by atoms with Crippen LogP contribution in [0.2, 0.25) is 0 Å². The molecule has 1 aromatic rings. The third-order valence-electron chi connectivity index (χ3n) is 3.34. The first-order valence-corrected chi connectivity index (χ1v) is 8.93. The SMILES string of the molecule is CC(NS(C)(=O)=O)C(=O)N1CCC(Oc2cnccn2)CC1. The van der Waals surface area contributed by atoms with Gasteiger partial charge in [-0.05, 0) is 6.92 Å². The molecule has 8 nitrogen and oxygen atoms in total. The highest BCUT2D eigenvalue weighted by atomic mass is 32.2. The van der Waals surface area contributed by atoms with Crippen LogP contribution in [0.3, 0.4) is 0 Å². The van der Waals surface area contributed by atoms with Crippen molar-refractivity contribution in [2.45, 2.75) is 31.9 Å². The first kappa shape index (κ1) is 16.6. The Morgan fingerprint density at radius 3 is 2.64 bits per heavy atom. The molecule has 1 unspecified atom stereocenters. The minimum absolute atomic E-state index is 0.0149. The van der Waals surface area contributed by atoms with Crippen LogP contribution < -0.4 is 9.46 Å². The number of piperidine rings is 1. The lowest BCUT2D eigenvalue weighted by molar-refractivity contribution is -0.134. The molecule has 1 aromatic heterocycles. The van der Waals surface area contributed by atoms with E-state index < -0.39 is 16.1 Å². The Morgan fingerprint density at radius 2 is 2.09 bits per heavy atom. The number of hydrogen-bond acceptors (Lipinski definition) is 6. The maximum atomic E-state index is 12.2. The van der Waals surface area contributed by atoms with Crippen LogP contribution in [-0.2, 0) is 14.8 Å². The van der Waals surface area contributed by atoms with Crippen molar-refractivity contribution in [3.63, 3.8) is 0 Å². The lowest BCUT2D eigenvalue weighted by atomic mass is 10.1. The van der Waals surface area contributed by atoms with Gasteiger partial charge in [0, 0.05) is 38.3 Å². The fourth-order valence-corrected chi connectivity index (χ4v) is 3.10. The minimum atomic E-state index is -3.40. The van der Waals surface area contributed by atoms with Gasteiger partial charge in [0.25, 0.3) is 0 Å². The molecule has 0 radical (unpaired) electrons. The van der Waals surface area contributed by atoms with Gasteiger partial charge in [0.2, 0.25) is 21.8 Å². The highest BCUT2D eigenvalue weighted by Crippen LogP contribution is 2.17. The van der Waals surface area contributed by atoms with Gasteiger partial charge >= 0.3 is 0 Å². The molecule has 2 heterocycles. The van der Waals surface area contributed by atoms with Gasteiger partial charge in [0.05, 0.1) is 18.5 Å². The summed E-state index contributed by atoms with van der Waals surface area (Å²) in [4.78, 5) is 21.8. The maximum absolute atomic E-state index is 12.2. The zero-order valence-electron chi connectivity index (χ0n) is 12.6. The van der Waals surface area contributed by atoms with Gasteiger partial charge in [-0.3, -0.25) is 9.78 Å². The van der Waals surface area contributed by atoms with Gasteiger partial charge in [-0.2, -0.15) is 0 Å². The zero-order chi connectivity index (χ0) is 16.2. The fraction of sp³-hybridized carbons (Fsp3) is 0.615. The second-order valence-electron chi connectivity index (χ2n) is 5.30. The van der Waals surface area contributed by atoms with E-state index in [4.69, 9.17) is 4.74 Å². The van der Waals surface area contributed by atoms with Gasteiger partial charge in [-0.15, -0.1) is 0 Å². The van der Waals surface area contributed by atoms with Crippen molar-refractivity contribution in [2.24, 2.45) is 0 Å². The number of nitrogens with zero attached hydrogens (tertiary/aromatic N) is 3. The molecular weight excluding hydrogens is 308 g/mol. The molecule has 9 heteroatoms. The molecule has 1 N–H and O–H groups in total. The quantitative estimate of drug-likeness (QED) is 0.802. The number of hydrogen-bond donors (Lipinski definition) is 1. The number of ether oxygens (including phenoxy) is 1. The van der Waals surface area contributed by atoms with Crippen LogP contribution in [0, 0.1) is 0 Å². The third kappa shape index (κ3) is 4.92. The van der Waals surface area contributed by atoms with Crippen molar-refractivity contribution in [1.82, 2.24) is 19.6 Å². The average Bonchev–Trinajstić information content (AvgIpc) is 2.46. The predicted molar refractivity (Wildman–Crippen MR) is 79.7 cm³/mol. The monoisotopic (exact) mass is 328 g/mol. The lowest BCUT2D eigenvalue weighted by Gasteiger charge is -2.33. The van der Waals surface area contributed by atoms with Gasteiger partial charge in [-0.1, -0.05) is 0 Å². The van der Waals surface area contributed by atoms with Crippen molar-refractivity contribution in [2.75, 3.05) is 19.3 Å². The lowest BCUT2D eigenvalue weighted by Crippen LogP contribution is -2.50. The number of carbonyl (C=O) groups is 1. The molecule has 1 saturated heterocycles. The minimum Gasteiger partial charge on any atom is -0.473 e. The largest absolute Gasteiger partial charge is 0.473 e. The molecule has 1 fully saturated rings. The molecule has 0 aliphatic carbocycles. The van der Waals surface area contributed by atoms with Crippen LogP contribution >= 0.6 is 0 Å². The Balaban J connectivity index is 1.83. The van der Waals surface area contributed by atoms with Gasteiger partial charge < -0.3 is 9.64 Å². The Morgan fingerprint density at radius 1 is 1.41 bits per heavy atom. The van der Waals surface area contributed by atoms with Crippen molar-refractivity contribution >= 4 is 15.9 Å². The molecule has 0 aromatic carbocycles. The molecule has 1 atom stereocenters. The highest BCUT2D eigenvalue weighted by Gasteiger charge is 2.28. The summed E-state index contributed by atoms with van der Waals surface area (Å²) in [6.07, 6.45) is 7.06. The molecule has 1 amide bonds. The van der Waals surface area contributed by atoms with Gasteiger partial charge in [-0.25, -0.2) is 18.1 Å². The van der Waals surface area contributed by atoms with Crippen molar-refractivity contribution < 1.29 is 17.9 Å². The smallest absolute Gasteiger partial charge is 0.240 e. The van der Waals surface area contributed by atoms with Crippen molar-refractivity contribution in [3.8, 4) is 5.88 Å². The molecular formula is C13H20N4O4S. The standard InChI is InChI=1S/C13H20N4O4S/c1-10(16-22(2,19)20)13(18)17-7-3-11(4-8-17)21-12-9-14-5-6-15-12/h5-6,9-11,16H,3-4,7-8H2,1-2H3. The Labute approximate surface area is 129 Å². The molecule has 122 valence electrons. The van der Waals surface area contributed by atoms with E-state index in [2.05, 4.69) is 14.7 Å². The van der Waals surface area contributed by atoms with E-state index in [1.54, 1.807) is 30.4 Å². The summed E-state index contributed by atoms with van der Waals surface area (Å²) in [5.74, 6) is 0.253. The number of rotatable bonds is 5. The highest BCUT2D eigenvalue weighted by molar-refractivity contribution is 7.88. The summed E-state index contributed by atoms with van der Waals surface area (Å²) in [6, 6.07) is -0.757. The van der Waals surface area contributed by atoms with Crippen LogP contribution in [-0.4, -0.2) is 60.7 Å². The summed E-state index contributed by atoms with van der Waals surface area (Å²) in [6.45, 7) is 2.60. The molecule has 1 aliphatic heterocycles. The number of likely N-dealkylation sites (tertiary alicyclic amines) is 1. The van der Waals surface area contributed by atoms with Crippen LogP contribution in [0.15, 0.2) is 18.6 Å². The molecule has 0 saturated carbocycles. The van der Waals surface area contributed by atoms with Crippen LogP contribution in [0.5, 0.6) is 5.88 Å². The molecule has 2 rings (SSSR count). The fourth-order valence-electron chi connectivity index (χ4n) is 2.36. The van der Waals surface area contributed by atoms with E-state index in [9.17, 15) is 13.2 Å². The number of aromatic nitrogens is 2. The summed E-state index contributed by atoms with van der Waals surface area (Å²) < 4.78 is 30.3. The zero-order valence-corrected chi connectivity index (χ0v) is 13.4. The van der Waals surface area contributed by atoms with E-state index in [-0.39, 0.29) is 12.0 Å². The summed E-state index contributed by atoms with van der Waals surface area (Å²) in [5, 5.41) is 0. The Bertz CT molecular complexity index is 600. The first-order valence-electron chi connectivity index (χ1n) is 7.04. The van der Waals surface area contributed by atoms with Crippen LogP contribution in [0.4, 0.5) is 0 Å². The third-order valence-corrected chi connectivity index (χ3v) is 4.12. The number of amides is 1. The Kier molecular flexibility index (Phi) is 5.30. The summed E-state index contributed by atoms with van der Waals surface area (Å²) >= 11 is 0. The van der Waals surface area contributed by atoms with Crippen LogP contribution in [0.1, 0.15) is 19.8 Å². The number of carbonyl (C=O) groups excluding carboxylic acids is 1. The van der Waals surface area contributed by atoms with E-state index in [1.807, 2.05) is 0 Å². The Hall–Kier alpha value is -1.74. The van der Waals surface area contributed by atoms with Crippen LogP contribution in [0.25, 0.3) is 0 Å². The maximum Gasteiger partial charge on any atom is 0.240 e. The second-order valence-corrected chi connectivity index (χ2v) is 7.08. The first-order chi connectivity index (χ1) is 10.3. The average molecular weight is 328 g/mol. The van der Waals surface area contributed by atoms with Gasteiger partial charge in [0.1, 0.15) is 6.10 Å². The molecule has 1 aliphatic rings. The number of nitrogens with one attached hydrogen (secondary N) is 1.